The molecule has 0 aliphatic heterocycles. The topological polar surface area (TPSA) is 74.6 Å². The molecule has 5 rings (SSSR count). The summed E-state index contributed by atoms with van der Waals surface area (Å²) in [7, 11) is 0. The van der Waals surface area contributed by atoms with Crippen molar-refractivity contribution >= 4 is 40.9 Å². The van der Waals surface area contributed by atoms with Crippen molar-refractivity contribution in [3.63, 3.8) is 0 Å². The molecule has 0 fully saturated rings. The lowest BCUT2D eigenvalue weighted by Crippen LogP contribution is -2.21. The molecule has 1 unspecified atom stereocenters. The molecule has 2 aliphatic carbocycles. The number of allylic oxidation sites excluding steroid dienone is 1. The SMILES string of the molecule is O=C(O)c1cc(CC2C=c3ccc4c5c(ccc4c3CC2)=CCC=C5)cc(C(=O)O)c1. The molecule has 3 aromatic rings. The lowest BCUT2D eigenvalue weighted by Gasteiger charge is -2.21. The normalized spacial score (nSPS) is 16.7. The Balaban J connectivity index is 1.53. The van der Waals surface area contributed by atoms with Crippen LogP contribution in [-0.4, -0.2) is 22.2 Å². The number of carboxylic acid groups (broad SMARTS) is 2. The van der Waals surface area contributed by atoms with Crippen LogP contribution in [0.3, 0.4) is 0 Å². The molecule has 2 aliphatic rings. The second kappa shape index (κ2) is 7.55. The first-order valence-electron chi connectivity index (χ1n) is 10.5. The van der Waals surface area contributed by atoms with Crippen LogP contribution < -0.4 is 10.4 Å². The van der Waals surface area contributed by atoms with E-state index in [0.717, 1.165) is 24.8 Å². The van der Waals surface area contributed by atoms with E-state index >= 15 is 0 Å². The van der Waals surface area contributed by atoms with Gasteiger partial charge in [-0.15, -0.1) is 0 Å². The fourth-order valence-corrected chi connectivity index (χ4v) is 4.89. The van der Waals surface area contributed by atoms with Crippen molar-refractivity contribution in [1.29, 1.82) is 0 Å². The Morgan fingerprint density at radius 2 is 1.61 bits per heavy atom. The molecule has 154 valence electrons. The van der Waals surface area contributed by atoms with Gasteiger partial charge in [-0.1, -0.05) is 48.6 Å². The number of carboxylic acids is 2. The first-order valence-corrected chi connectivity index (χ1v) is 10.5. The molecule has 0 saturated carbocycles. The van der Waals surface area contributed by atoms with Crippen LogP contribution in [0.25, 0.3) is 29.0 Å². The summed E-state index contributed by atoms with van der Waals surface area (Å²) in [5, 5.41) is 23.8. The first-order chi connectivity index (χ1) is 15.0. The smallest absolute Gasteiger partial charge is 0.335 e. The highest BCUT2D eigenvalue weighted by atomic mass is 16.4. The predicted molar refractivity (Wildman–Crippen MR) is 122 cm³/mol. The highest BCUT2D eigenvalue weighted by Crippen LogP contribution is 2.27. The zero-order valence-electron chi connectivity index (χ0n) is 17.0. The summed E-state index contributed by atoms with van der Waals surface area (Å²) in [6, 6.07) is 13.2. The van der Waals surface area contributed by atoms with Crippen molar-refractivity contribution in [2.45, 2.75) is 25.7 Å². The minimum Gasteiger partial charge on any atom is -0.478 e. The Kier molecular flexibility index (Phi) is 4.70. The minimum atomic E-state index is -1.11. The van der Waals surface area contributed by atoms with Crippen molar-refractivity contribution in [3.05, 3.63) is 86.8 Å². The van der Waals surface area contributed by atoms with Gasteiger partial charge in [0.2, 0.25) is 0 Å². The van der Waals surface area contributed by atoms with E-state index in [2.05, 4.69) is 48.6 Å². The van der Waals surface area contributed by atoms with E-state index in [1.807, 2.05) is 0 Å². The highest BCUT2D eigenvalue weighted by Gasteiger charge is 2.18. The van der Waals surface area contributed by atoms with Gasteiger partial charge in [-0.2, -0.15) is 0 Å². The van der Waals surface area contributed by atoms with Gasteiger partial charge in [0.15, 0.2) is 0 Å². The number of fused-ring (bicyclic) bond motifs is 5. The van der Waals surface area contributed by atoms with Crippen molar-refractivity contribution < 1.29 is 19.8 Å². The van der Waals surface area contributed by atoms with Crippen molar-refractivity contribution in [3.8, 4) is 0 Å². The third-order valence-electron chi connectivity index (χ3n) is 6.35. The van der Waals surface area contributed by atoms with Gasteiger partial charge in [0.05, 0.1) is 11.1 Å². The Morgan fingerprint density at radius 1 is 0.903 bits per heavy atom. The maximum atomic E-state index is 11.4. The maximum absolute atomic E-state index is 11.4. The Bertz CT molecular complexity index is 1360. The van der Waals surface area contributed by atoms with E-state index in [1.165, 1.54) is 38.4 Å². The van der Waals surface area contributed by atoms with E-state index in [-0.39, 0.29) is 17.0 Å². The molecule has 0 heterocycles. The minimum absolute atomic E-state index is 0.0201. The van der Waals surface area contributed by atoms with Crippen LogP contribution in [0, 0.1) is 5.92 Å². The molecule has 2 N–H and O–H groups in total. The molecule has 3 aromatic carbocycles. The monoisotopic (exact) mass is 410 g/mol. The zero-order chi connectivity index (χ0) is 21.5. The molecular formula is C27H22O4. The van der Waals surface area contributed by atoms with Crippen LogP contribution in [0.1, 0.15) is 50.2 Å². The van der Waals surface area contributed by atoms with Gasteiger partial charge in [0.25, 0.3) is 0 Å². The molecule has 4 nitrogen and oxygen atoms in total. The molecule has 0 radical (unpaired) electrons. The van der Waals surface area contributed by atoms with Crippen LogP contribution >= 0.6 is 0 Å². The second-order valence-corrected chi connectivity index (χ2v) is 8.34. The summed E-state index contributed by atoms with van der Waals surface area (Å²) in [5.74, 6) is -1.98. The summed E-state index contributed by atoms with van der Waals surface area (Å²) >= 11 is 0. The number of rotatable bonds is 4. The number of hydrogen-bond donors (Lipinski definition) is 2. The largest absolute Gasteiger partial charge is 0.478 e. The Labute approximate surface area is 179 Å². The molecule has 1 atom stereocenters. The molecule has 0 saturated heterocycles. The van der Waals surface area contributed by atoms with Crippen LogP contribution in [0.2, 0.25) is 0 Å². The number of aromatic carboxylic acids is 2. The summed E-state index contributed by atoms with van der Waals surface area (Å²) < 4.78 is 0. The van der Waals surface area contributed by atoms with Crippen molar-refractivity contribution in [2.75, 3.05) is 0 Å². The van der Waals surface area contributed by atoms with E-state index in [1.54, 1.807) is 12.1 Å². The molecule has 31 heavy (non-hydrogen) atoms. The van der Waals surface area contributed by atoms with E-state index in [9.17, 15) is 19.8 Å². The maximum Gasteiger partial charge on any atom is 0.335 e. The van der Waals surface area contributed by atoms with Gasteiger partial charge in [-0.3, -0.25) is 0 Å². The molecule has 0 amide bonds. The fraction of sp³-hybridized carbons (Fsp3) is 0.185. The van der Waals surface area contributed by atoms with Gasteiger partial charge in [-0.05, 0) is 87.7 Å². The number of benzene rings is 3. The third kappa shape index (κ3) is 3.55. The fourth-order valence-electron chi connectivity index (χ4n) is 4.89. The predicted octanol–water partition coefficient (Wildman–Crippen LogP) is 4.02. The van der Waals surface area contributed by atoms with E-state index < -0.39 is 11.9 Å². The van der Waals surface area contributed by atoms with Gasteiger partial charge in [0, 0.05) is 0 Å². The summed E-state index contributed by atoms with van der Waals surface area (Å²) in [5.41, 5.74) is 3.44. The standard InChI is InChI=1S/C27H22O4/c28-26(29)20-13-17(14-21(15-20)27(30)31)11-16-5-8-23-19(12-16)7-10-24-22-4-2-1-3-18(22)6-9-25(23)24/h2-4,6-7,9-10,12-16H,1,5,8,11H2,(H,28,29)(H,30,31). The average Bonchev–Trinajstić information content (AvgIpc) is 2.78. The van der Waals surface area contributed by atoms with Crippen LogP contribution in [0.5, 0.6) is 0 Å². The van der Waals surface area contributed by atoms with Gasteiger partial charge >= 0.3 is 11.9 Å². The molecule has 0 bridgehead atoms. The van der Waals surface area contributed by atoms with Gasteiger partial charge in [0.1, 0.15) is 0 Å². The van der Waals surface area contributed by atoms with Gasteiger partial charge in [-0.25, -0.2) is 9.59 Å². The molecule has 0 aromatic heterocycles. The quantitative estimate of drug-likeness (QED) is 0.681. The van der Waals surface area contributed by atoms with E-state index in [4.69, 9.17) is 0 Å². The first kappa shape index (κ1) is 19.3. The lowest BCUT2D eigenvalue weighted by atomic mass is 9.83. The zero-order valence-corrected chi connectivity index (χ0v) is 17.0. The number of carbonyl (C=O) groups is 2. The van der Waals surface area contributed by atoms with Gasteiger partial charge < -0.3 is 10.2 Å². The van der Waals surface area contributed by atoms with Crippen LogP contribution in [0.4, 0.5) is 0 Å². The third-order valence-corrected chi connectivity index (χ3v) is 6.35. The Hall–Kier alpha value is -3.66. The van der Waals surface area contributed by atoms with Crippen LogP contribution in [0.15, 0.2) is 48.5 Å². The van der Waals surface area contributed by atoms with Crippen molar-refractivity contribution in [1.82, 2.24) is 0 Å². The van der Waals surface area contributed by atoms with Crippen LogP contribution in [-0.2, 0) is 12.8 Å². The summed E-state index contributed by atoms with van der Waals surface area (Å²) in [6.07, 6.45) is 12.4. The number of hydrogen-bond acceptors (Lipinski definition) is 2. The lowest BCUT2D eigenvalue weighted by molar-refractivity contribution is 0.0696. The molecule has 4 heteroatoms. The van der Waals surface area contributed by atoms with Crippen molar-refractivity contribution in [2.24, 2.45) is 5.92 Å². The van der Waals surface area contributed by atoms with E-state index in [0.29, 0.717) is 6.42 Å². The average molecular weight is 410 g/mol. The Morgan fingerprint density at radius 3 is 2.35 bits per heavy atom. The summed E-state index contributed by atoms with van der Waals surface area (Å²) in [4.78, 5) is 22.8. The molecular weight excluding hydrogens is 388 g/mol. The highest BCUT2D eigenvalue weighted by molar-refractivity contribution is 5.95. The molecule has 0 spiro atoms. The second-order valence-electron chi connectivity index (χ2n) is 8.34. The number of aryl methyl sites for hydroxylation is 1. The summed E-state index contributed by atoms with van der Waals surface area (Å²) in [6.45, 7) is 0.